The summed E-state index contributed by atoms with van der Waals surface area (Å²) in [6, 6.07) is 5.22. The number of fused-ring (bicyclic) bond motifs is 4. The molecule has 268 valence electrons. The first-order valence-corrected chi connectivity index (χ1v) is 19.5. The number of benzene rings is 1. The lowest BCUT2D eigenvalue weighted by Gasteiger charge is -2.58. The van der Waals surface area contributed by atoms with E-state index in [9.17, 15) is 18.0 Å². The fourth-order valence-corrected chi connectivity index (χ4v) is 10.9. The van der Waals surface area contributed by atoms with Crippen molar-refractivity contribution in [3.05, 3.63) is 59.2 Å². The summed E-state index contributed by atoms with van der Waals surface area (Å²) >= 11 is 6.55. The van der Waals surface area contributed by atoms with Gasteiger partial charge in [-0.15, -0.1) is 0 Å². The monoisotopic (exact) mass is 713 g/mol. The molecule has 49 heavy (non-hydrogen) atoms. The number of hydrogen-bond acceptors (Lipinski definition) is 7. The van der Waals surface area contributed by atoms with Crippen LogP contribution < -0.4 is 14.4 Å². The maximum atomic E-state index is 14.1. The molecular weight excluding hydrogens is 662 g/mol. The number of ether oxygens (including phenoxy) is 2. The molecule has 2 bridgehead atoms. The molecule has 1 aromatic carbocycles. The first kappa shape index (κ1) is 36.0. The zero-order valence-electron chi connectivity index (χ0n) is 29.9. The van der Waals surface area contributed by atoms with Crippen molar-refractivity contribution in [2.45, 2.75) is 77.1 Å². The summed E-state index contributed by atoms with van der Waals surface area (Å²) in [7, 11) is 1.08. The maximum Gasteiger partial charge on any atom is 0.264 e. The molecule has 5 aliphatic rings. The van der Waals surface area contributed by atoms with Crippen LogP contribution >= 0.6 is 11.6 Å². The van der Waals surface area contributed by atoms with E-state index < -0.39 is 26.8 Å². The number of anilines is 1. The summed E-state index contributed by atoms with van der Waals surface area (Å²) in [5.74, 6) is -0.381. The molecule has 2 saturated carbocycles. The highest BCUT2D eigenvalue weighted by Gasteiger charge is 2.60. The molecule has 11 heteroatoms. The second-order valence-electron chi connectivity index (χ2n) is 16.0. The van der Waals surface area contributed by atoms with Crippen LogP contribution in [0, 0.1) is 34.0 Å². The Morgan fingerprint density at radius 1 is 1.12 bits per heavy atom. The molecular formula is C38H52ClN3O6S. The Morgan fingerprint density at radius 3 is 2.55 bits per heavy atom. The number of halogens is 1. The second-order valence-corrected chi connectivity index (χ2v) is 18.5. The summed E-state index contributed by atoms with van der Waals surface area (Å²) in [6.45, 7) is 9.74. The second kappa shape index (κ2) is 12.7. The van der Waals surface area contributed by atoms with Crippen molar-refractivity contribution in [3.63, 3.8) is 0 Å². The van der Waals surface area contributed by atoms with Crippen molar-refractivity contribution in [1.82, 2.24) is 9.62 Å². The Morgan fingerprint density at radius 2 is 1.88 bits per heavy atom. The Hall–Kier alpha value is -2.82. The number of methoxy groups -OCH3 is 1. The Kier molecular flexibility index (Phi) is 9.36. The maximum absolute atomic E-state index is 14.1. The number of carbonyl (C=O) groups is 2. The van der Waals surface area contributed by atoms with Gasteiger partial charge < -0.3 is 19.3 Å². The van der Waals surface area contributed by atoms with Crippen molar-refractivity contribution in [2.24, 2.45) is 34.0 Å². The Labute approximate surface area is 297 Å². The molecule has 2 aliphatic heterocycles. The van der Waals surface area contributed by atoms with Crippen molar-refractivity contribution in [2.75, 3.05) is 45.8 Å². The van der Waals surface area contributed by atoms with Gasteiger partial charge in [-0.1, -0.05) is 57.0 Å². The van der Waals surface area contributed by atoms with E-state index in [1.165, 1.54) is 0 Å². The fourth-order valence-electron chi connectivity index (χ4n) is 9.40. The average Bonchev–Trinajstić information content (AvgIpc) is 3.20. The summed E-state index contributed by atoms with van der Waals surface area (Å²) in [5.41, 5.74) is -1.09. The minimum atomic E-state index is -4.02. The van der Waals surface area contributed by atoms with Gasteiger partial charge in [0.1, 0.15) is 5.75 Å². The third-order valence-electron chi connectivity index (χ3n) is 13.0. The summed E-state index contributed by atoms with van der Waals surface area (Å²) < 4.78 is 42.3. The van der Waals surface area contributed by atoms with Crippen molar-refractivity contribution in [3.8, 4) is 5.75 Å². The number of rotatable bonds is 2. The number of allylic oxidation sites excluding steroid dienone is 5. The Bertz CT molecular complexity index is 1710. The summed E-state index contributed by atoms with van der Waals surface area (Å²) in [6.07, 6.45) is 15.3. The van der Waals surface area contributed by atoms with Crippen LogP contribution in [0.5, 0.6) is 5.75 Å². The first-order valence-electron chi connectivity index (χ1n) is 17.6. The topological polar surface area (TPSA) is 105 Å². The van der Waals surface area contributed by atoms with Crippen LogP contribution in [0.15, 0.2) is 53.6 Å². The predicted octanol–water partition coefficient (Wildman–Crippen LogP) is 6.30. The molecule has 8 atom stereocenters. The molecule has 3 aliphatic carbocycles. The average molecular weight is 714 g/mol. The van der Waals surface area contributed by atoms with Gasteiger partial charge in [-0.25, -0.2) is 13.1 Å². The van der Waals surface area contributed by atoms with E-state index in [1.54, 1.807) is 51.2 Å². The molecule has 1 N–H and O–H groups in total. The summed E-state index contributed by atoms with van der Waals surface area (Å²) in [5, 5.41) is -0.105. The zero-order valence-corrected chi connectivity index (χ0v) is 31.5. The third-order valence-corrected chi connectivity index (χ3v) is 15.1. The van der Waals surface area contributed by atoms with Gasteiger partial charge in [-0.05, 0) is 86.6 Å². The third kappa shape index (κ3) is 5.93. The van der Waals surface area contributed by atoms with Crippen LogP contribution in [0.1, 0.15) is 76.6 Å². The molecule has 3 unspecified atom stereocenters. The van der Waals surface area contributed by atoms with E-state index >= 15 is 0 Å². The largest absolute Gasteiger partial charge is 0.491 e. The molecule has 9 nitrogen and oxygen atoms in total. The predicted molar refractivity (Wildman–Crippen MR) is 193 cm³/mol. The molecule has 6 rings (SSSR count). The minimum absolute atomic E-state index is 0.138. The highest BCUT2D eigenvalue weighted by molar-refractivity contribution is 7.90. The molecule has 1 spiro atoms. The number of nitrogens with zero attached hydrogens (tertiary/aromatic N) is 2. The van der Waals surface area contributed by atoms with Gasteiger partial charge in [0, 0.05) is 61.6 Å². The van der Waals surface area contributed by atoms with E-state index in [0.29, 0.717) is 31.9 Å². The normalized spacial score (nSPS) is 39.2. The zero-order chi connectivity index (χ0) is 35.6. The molecule has 2 heterocycles. The lowest BCUT2D eigenvalue weighted by Crippen LogP contribution is -2.63. The van der Waals surface area contributed by atoms with Gasteiger partial charge in [-0.3, -0.25) is 9.59 Å². The lowest BCUT2D eigenvalue weighted by molar-refractivity contribution is -0.169. The molecule has 2 amide bonds. The van der Waals surface area contributed by atoms with Gasteiger partial charge >= 0.3 is 0 Å². The van der Waals surface area contributed by atoms with Crippen LogP contribution in [-0.4, -0.2) is 76.9 Å². The standard InChI is InChI=1S/C38H52ClN3O6S/c1-25-10-8-17-38(47-7,34(44)41(5)6)32-15-18-35(32,3)22-42-23-37(16-9-11-28-21-29(39)14-19-36(28,37)4)24-48-31-13-12-27(20-30(31)42)33(43)40-49(45,46)26(25)2/h8,12-14,17,19-21,25-26,28,32H,9-11,15-16,18,22-24H2,1-7H3,(H,40,43)/b17-8+/t25-,26+,28?,32+,35?,36?,37-,38+/m0/s1. The van der Waals surface area contributed by atoms with Crippen LogP contribution in [0.25, 0.3) is 0 Å². The highest BCUT2D eigenvalue weighted by Crippen LogP contribution is 2.60. The van der Waals surface area contributed by atoms with E-state index in [1.807, 2.05) is 25.2 Å². The minimum Gasteiger partial charge on any atom is -0.491 e. The number of carbonyl (C=O) groups excluding carboxylic acids is 2. The smallest absolute Gasteiger partial charge is 0.264 e. The molecule has 2 fully saturated rings. The van der Waals surface area contributed by atoms with Gasteiger partial charge in [0.25, 0.3) is 11.8 Å². The summed E-state index contributed by atoms with van der Waals surface area (Å²) in [4.78, 5) is 31.7. The molecule has 1 aromatic rings. The SMILES string of the molecule is CO[C@]1(C(=O)N(C)C)/C=C/C[C@H](C)[C@@H](C)S(=O)(=O)NC(=O)c2ccc3c(c2)N(CC2(C)CC[C@H]21)C[C@@]1(CCCC2C=C(Cl)C=CC21C)CO3. The quantitative estimate of drug-likeness (QED) is 0.359. The number of hydrogen-bond donors (Lipinski definition) is 1. The van der Waals surface area contributed by atoms with Crippen LogP contribution in [-0.2, 0) is 19.6 Å². The first-order chi connectivity index (χ1) is 23.0. The molecule has 0 saturated heterocycles. The van der Waals surface area contributed by atoms with Gasteiger partial charge in [0.2, 0.25) is 10.0 Å². The van der Waals surface area contributed by atoms with E-state index in [0.717, 1.165) is 42.8 Å². The fraction of sp³-hybridized carbons (Fsp3) is 0.632. The van der Waals surface area contributed by atoms with E-state index in [2.05, 4.69) is 35.6 Å². The van der Waals surface area contributed by atoms with Crippen molar-refractivity contribution < 1.29 is 27.5 Å². The number of nitrogens with one attached hydrogen (secondary N) is 1. The molecule has 0 radical (unpaired) electrons. The number of sulfonamides is 1. The van der Waals surface area contributed by atoms with Crippen molar-refractivity contribution in [1.29, 1.82) is 0 Å². The van der Waals surface area contributed by atoms with E-state index in [-0.39, 0.29) is 45.5 Å². The van der Waals surface area contributed by atoms with Crippen LogP contribution in [0.3, 0.4) is 0 Å². The van der Waals surface area contributed by atoms with Gasteiger partial charge in [-0.2, -0.15) is 0 Å². The van der Waals surface area contributed by atoms with Crippen LogP contribution in [0.4, 0.5) is 5.69 Å². The molecule has 0 aromatic heterocycles. The van der Waals surface area contributed by atoms with Crippen LogP contribution in [0.2, 0.25) is 0 Å². The Balaban J connectivity index is 1.51. The van der Waals surface area contributed by atoms with E-state index in [4.69, 9.17) is 21.1 Å². The van der Waals surface area contributed by atoms with Crippen molar-refractivity contribution >= 4 is 39.1 Å². The van der Waals surface area contributed by atoms with Gasteiger partial charge in [0.15, 0.2) is 5.60 Å². The number of amides is 2. The van der Waals surface area contributed by atoms with Gasteiger partial charge in [0.05, 0.1) is 17.5 Å². The highest BCUT2D eigenvalue weighted by atomic mass is 35.5. The lowest BCUT2D eigenvalue weighted by atomic mass is 9.51. The number of likely N-dealkylation sites (N-methyl/N-ethyl adjacent to an activating group) is 1.